The minimum Gasteiger partial charge on any atom is -0.389 e. The average molecular weight is 274 g/mol. The first-order valence-corrected chi connectivity index (χ1v) is 6.87. The largest absolute Gasteiger partial charge is 0.389 e. The predicted molar refractivity (Wildman–Crippen MR) is 75.4 cm³/mol. The van der Waals surface area contributed by atoms with E-state index in [1.165, 1.54) is 0 Å². The summed E-state index contributed by atoms with van der Waals surface area (Å²) >= 11 is 0. The Kier molecular flexibility index (Phi) is 3.56. The Labute approximate surface area is 116 Å². The Morgan fingerprint density at radius 1 is 1.45 bits per heavy atom. The van der Waals surface area contributed by atoms with E-state index >= 15 is 0 Å². The van der Waals surface area contributed by atoms with Gasteiger partial charge in [-0.3, -0.25) is 0 Å². The van der Waals surface area contributed by atoms with Crippen LogP contribution in [0.2, 0.25) is 0 Å². The highest BCUT2D eigenvalue weighted by Gasteiger charge is 2.28. The zero-order chi connectivity index (χ0) is 13.9. The maximum atomic E-state index is 11.6. The molecule has 6 nitrogen and oxygen atoms in total. The summed E-state index contributed by atoms with van der Waals surface area (Å²) < 4.78 is 0. The number of aryl methyl sites for hydroxylation is 1. The van der Waals surface area contributed by atoms with Crippen molar-refractivity contribution in [1.29, 1.82) is 0 Å². The van der Waals surface area contributed by atoms with Gasteiger partial charge in [0.25, 0.3) is 0 Å². The third kappa shape index (κ3) is 2.75. The van der Waals surface area contributed by atoms with E-state index in [4.69, 9.17) is 5.11 Å². The highest BCUT2D eigenvalue weighted by atomic mass is 16.3. The zero-order valence-corrected chi connectivity index (χ0v) is 11.2. The fraction of sp³-hybridized carbons (Fsp3) is 0.429. The van der Waals surface area contributed by atoms with Crippen LogP contribution in [0.25, 0.3) is 11.0 Å². The van der Waals surface area contributed by atoms with Crippen LogP contribution in [0.1, 0.15) is 12.2 Å². The molecule has 0 spiro atoms. The van der Waals surface area contributed by atoms with Crippen molar-refractivity contribution in [2.75, 3.05) is 19.6 Å². The van der Waals surface area contributed by atoms with Crippen molar-refractivity contribution < 1.29 is 9.90 Å². The Hall–Kier alpha value is -2.08. The number of rotatable bonds is 4. The summed E-state index contributed by atoms with van der Waals surface area (Å²) in [5.74, 6) is 0.944. The van der Waals surface area contributed by atoms with Gasteiger partial charge >= 0.3 is 6.03 Å². The van der Waals surface area contributed by atoms with Gasteiger partial charge < -0.3 is 20.3 Å². The number of para-hydroxylation sites is 2. The number of nitrogens with one attached hydrogen (secondary N) is 2. The number of hydrogen-bond donors (Lipinski definition) is 3. The standard InChI is InChI=1S/C14H18N4O2/c19-10-8-18(9-10)14(20)15-7-3-6-13-16-11-4-1-2-5-12(11)17-13/h1-2,4-5,10,19H,3,6-9H2,(H,15,20)(H,16,17). The van der Waals surface area contributed by atoms with Gasteiger partial charge in [0.2, 0.25) is 0 Å². The predicted octanol–water partition coefficient (Wildman–Crippen LogP) is 0.882. The number of likely N-dealkylation sites (tertiary alicyclic amines) is 1. The molecule has 2 aromatic rings. The molecule has 1 aromatic carbocycles. The van der Waals surface area contributed by atoms with Crippen molar-refractivity contribution in [3.05, 3.63) is 30.1 Å². The molecule has 1 aliphatic heterocycles. The number of aliphatic hydroxyl groups excluding tert-OH is 1. The lowest BCUT2D eigenvalue weighted by Crippen LogP contribution is -2.56. The van der Waals surface area contributed by atoms with E-state index in [0.717, 1.165) is 29.7 Å². The van der Waals surface area contributed by atoms with Crippen LogP contribution in [-0.4, -0.2) is 51.7 Å². The van der Waals surface area contributed by atoms with E-state index in [1.807, 2.05) is 24.3 Å². The molecule has 0 unspecified atom stereocenters. The monoisotopic (exact) mass is 274 g/mol. The number of H-pyrrole nitrogens is 1. The van der Waals surface area contributed by atoms with Crippen molar-refractivity contribution in [2.24, 2.45) is 0 Å². The Bertz CT molecular complexity index is 571. The Morgan fingerprint density at radius 3 is 3.00 bits per heavy atom. The number of aromatic amines is 1. The van der Waals surface area contributed by atoms with Gasteiger partial charge in [-0.15, -0.1) is 0 Å². The van der Waals surface area contributed by atoms with Crippen LogP contribution in [-0.2, 0) is 6.42 Å². The highest BCUT2D eigenvalue weighted by Crippen LogP contribution is 2.11. The summed E-state index contributed by atoms with van der Waals surface area (Å²) in [6.45, 7) is 1.49. The lowest BCUT2D eigenvalue weighted by Gasteiger charge is -2.35. The number of aromatic nitrogens is 2. The van der Waals surface area contributed by atoms with E-state index in [0.29, 0.717) is 19.6 Å². The number of amides is 2. The molecule has 0 radical (unpaired) electrons. The third-order valence-corrected chi connectivity index (χ3v) is 3.45. The number of carbonyl (C=O) groups is 1. The molecule has 1 aliphatic rings. The summed E-state index contributed by atoms with van der Waals surface area (Å²) in [6.07, 6.45) is 1.29. The van der Waals surface area contributed by atoms with Crippen LogP contribution in [0.3, 0.4) is 0 Å². The van der Waals surface area contributed by atoms with Gasteiger partial charge in [0.1, 0.15) is 5.82 Å². The minimum absolute atomic E-state index is 0.0973. The molecule has 1 saturated heterocycles. The van der Waals surface area contributed by atoms with E-state index in [1.54, 1.807) is 4.90 Å². The maximum absolute atomic E-state index is 11.6. The first kappa shape index (κ1) is 12.9. The molecule has 1 fully saturated rings. The molecule has 3 rings (SSSR count). The van der Waals surface area contributed by atoms with Gasteiger partial charge in [-0.05, 0) is 18.6 Å². The van der Waals surface area contributed by atoms with Crippen LogP contribution in [0.15, 0.2) is 24.3 Å². The van der Waals surface area contributed by atoms with Gasteiger partial charge in [-0.25, -0.2) is 9.78 Å². The molecule has 0 saturated carbocycles. The van der Waals surface area contributed by atoms with Crippen LogP contribution in [0, 0.1) is 0 Å². The van der Waals surface area contributed by atoms with Crippen LogP contribution < -0.4 is 5.32 Å². The molecule has 2 heterocycles. The second-order valence-corrected chi connectivity index (χ2v) is 5.09. The van der Waals surface area contributed by atoms with Gasteiger partial charge in [-0.2, -0.15) is 0 Å². The summed E-state index contributed by atoms with van der Waals surface area (Å²) in [7, 11) is 0. The molecular formula is C14H18N4O2. The van der Waals surface area contributed by atoms with E-state index < -0.39 is 0 Å². The van der Waals surface area contributed by atoms with Gasteiger partial charge in [0, 0.05) is 13.0 Å². The smallest absolute Gasteiger partial charge is 0.317 e. The van der Waals surface area contributed by atoms with Crippen LogP contribution in [0.5, 0.6) is 0 Å². The van der Waals surface area contributed by atoms with Gasteiger partial charge in [0.15, 0.2) is 0 Å². The fourth-order valence-electron chi connectivity index (χ4n) is 2.31. The number of β-amino-alcohol motifs (C(OH)–C–C–N with tert-alkyl or cyclic N) is 1. The maximum Gasteiger partial charge on any atom is 0.317 e. The number of urea groups is 1. The van der Waals surface area contributed by atoms with Crippen molar-refractivity contribution in [3.63, 3.8) is 0 Å². The van der Waals surface area contributed by atoms with E-state index in [2.05, 4.69) is 15.3 Å². The first-order chi connectivity index (χ1) is 9.72. The van der Waals surface area contributed by atoms with E-state index in [9.17, 15) is 4.79 Å². The lowest BCUT2D eigenvalue weighted by molar-refractivity contribution is 0.0267. The molecule has 0 atom stereocenters. The van der Waals surface area contributed by atoms with E-state index in [-0.39, 0.29) is 12.1 Å². The molecule has 6 heteroatoms. The summed E-state index contributed by atoms with van der Waals surface area (Å²) in [4.78, 5) is 21.0. The number of fused-ring (bicyclic) bond motifs is 1. The molecule has 0 aliphatic carbocycles. The van der Waals surface area contributed by atoms with Crippen molar-refractivity contribution in [2.45, 2.75) is 18.9 Å². The molecule has 2 amide bonds. The molecule has 20 heavy (non-hydrogen) atoms. The zero-order valence-electron chi connectivity index (χ0n) is 11.2. The van der Waals surface area contributed by atoms with Crippen molar-refractivity contribution in [1.82, 2.24) is 20.2 Å². The summed E-state index contributed by atoms with van der Waals surface area (Å²) in [5.41, 5.74) is 2.02. The second-order valence-electron chi connectivity index (χ2n) is 5.09. The number of benzene rings is 1. The summed E-state index contributed by atoms with van der Waals surface area (Å²) in [6, 6.07) is 7.83. The minimum atomic E-state index is -0.351. The number of nitrogens with zero attached hydrogens (tertiary/aromatic N) is 2. The quantitative estimate of drug-likeness (QED) is 0.724. The third-order valence-electron chi connectivity index (χ3n) is 3.45. The van der Waals surface area contributed by atoms with Gasteiger partial charge in [-0.1, -0.05) is 12.1 Å². The fourth-order valence-corrected chi connectivity index (χ4v) is 2.31. The normalized spacial score (nSPS) is 15.3. The molecule has 0 bridgehead atoms. The van der Waals surface area contributed by atoms with Crippen LogP contribution in [0.4, 0.5) is 4.79 Å². The Balaban J connectivity index is 1.42. The average Bonchev–Trinajstić information content (AvgIpc) is 2.82. The van der Waals surface area contributed by atoms with Crippen molar-refractivity contribution in [3.8, 4) is 0 Å². The SMILES string of the molecule is O=C(NCCCc1nc2ccccc2[nH]1)N1CC(O)C1. The number of carbonyl (C=O) groups excluding carboxylic acids is 1. The number of hydrogen-bond acceptors (Lipinski definition) is 3. The molecule has 1 aromatic heterocycles. The topological polar surface area (TPSA) is 81.2 Å². The molecule has 3 N–H and O–H groups in total. The highest BCUT2D eigenvalue weighted by molar-refractivity contribution is 5.75. The molecular weight excluding hydrogens is 256 g/mol. The lowest BCUT2D eigenvalue weighted by atomic mass is 10.2. The molecule has 106 valence electrons. The van der Waals surface area contributed by atoms with Gasteiger partial charge in [0.05, 0.1) is 30.2 Å². The second kappa shape index (κ2) is 5.50. The Morgan fingerprint density at radius 2 is 2.25 bits per heavy atom. The van der Waals surface area contributed by atoms with Crippen molar-refractivity contribution >= 4 is 17.1 Å². The first-order valence-electron chi connectivity index (χ1n) is 6.87. The summed E-state index contributed by atoms with van der Waals surface area (Å²) in [5, 5.41) is 12.0. The number of imidazole rings is 1. The number of aliphatic hydroxyl groups is 1. The van der Waals surface area contributed by atoms with Crippen LogP contribution >= 0.6 is 0 Å².